The van der Waals surface area contributed by atoms with Crippen LogP contribution < -0.4 is 10.1 Å². The molecule has 0 bridgehead atoms. The van der Waals surface area contributed by atoms with E-state index in [1.165, 1.54) is 5.56 Å². The molecule has 0 radical (unpaired) electrons. The molecule has 1 fully saturated rings. The van der Waals surface area contributed by atoms with Crippen LogP contribution in [0.25, 0.3) is 0 Å². The largest absolute Gasteiger partial charge is 0.490 e. The van der Waals surface area contributed by atoms with E-state index in [1.807, 2.05) is 12.1 Å². The third-order valence-electron chi connectivity index (χ3n) is 4.02. The van der Waals surface area contributed by atoms with E-state index in [9.17, 15) is 4.79 Å². The summed E-state index contributed by atoms with van der Waals surface area (Å²) in [6, 6.07) is 8.21. The molecule has 0 spiro atoms. The summed E-state index contributed by atoms with van der Waals surface area (Å²) in [6.07, 6.45) is 3.28. The maximum atomic E-state index is 10.2. The molecule has 1 aromatic carbocycles. The average Bonchev–Trinajstić information content (AvgIpc) is 2.65. The summed E-state index contributed by atoms with van der Waals surface area (Å²) >= 11 is 0. The Morgan fingerprint density at radius 1 is 0.962 bits per heavy atom. The fourth-order valence-corrected chi connectivity index (χ4v) is 2.63. The van der Waals surface area contributed by atoms with Crippen LogP contribution in [0.2, 0.25) is 0 Å². The van der Waals surface area contributed by atoms with Gasteiger partial charge in [-0.3, -0.25) is 0 Å². The van der Waals surface area contributed by atoms with Crippen molar-refractivity contribution in [2.45, 2.75) is 25.4 Å². The molecule has 1 aliphatic rings. The molecule has 1 heterocycles. The van der Waals surface area contributed by atoms with Crippen LogP contribution in [0.4, 0.5) is 0 Å². The van der Waals surface area contributed by atoms with Gasteiger partial charge in [0.15, 0.2) is 0 Å². The molecule has 7 heteroatoms. The topological polar surface area (TPSA) is 86.3 Å². The van der Waals surface area contributed by atoms with Crippen LogP contribution in [0.5, 0.6) is 5.75 Å². The van der Waals surface area contributed by atoms with Crippen LogP contribution in [0.15, 0.2) is 24.3 Å². The van der Waals surface area contributed by atoms with Gasteiger partial charge in [-0.15, -0.1) is 0 Å². The first-order valence-corrected chi connectivity index (χ1v) is 9.15. The first kappa shape index (κ1) is 20.6. The Hall–Kier alpha value is -1.67. The van der Waals surface area contributed by atoms with Gasteiger partial charge in [0.25, 0.3) is 0 Å². The quantitative estimate of drug-likeness (QED) is 0.511. The molecule has 0 aliphatic carbocycles. The summed E-state index contributed by atoms with van der Waals surface area (Å²) in [4.78, 5) is 10.2. The SMILES string of the molecule is O=C(O)COCCOCCOCCc1ccc(OC2CCNCC2)cc1. The van der Waals surface area contributed by atoms with E-state index in [0.29, 0.717) is 32.5 Å². The number of hydrogen-bond donors (Lipinski definition) is 2. The molecule has 1 aliphatic heterocycles. The van der Waals surface area contributed by atoms with Gasteiger partial charge in [-0.2, -0.15) is 0 Å². The number of piperidine rings is 1. The van der Waals surface area contributed by atoms with Gasteiger partial charge in [0.2, 0.25) is 0 Å². The minimum atomic E-state index is -0.973. The van der Waals surface area contributed by atoms with E-state index >= 15 is 0 Å². The van der Waals surface area contributed by atoms with E-state index in [2.05, 4.69) is 17.4 Å². The molecule has 2 rings (SSSR count). The van der Waals surface area contributed by atoms with Gasteiger partial charge in [0.05, 0.1) is 33.0 Å². The Morgan fingerprint density at radius 3 is 2.23 bits per heavy atom. The lowest BCUT2D eigenvalue weighted by Gasteiger charge is -2.23. The van der Waals surface area contributed by atoms with Crippen LogP contribution >= 0.6 is 0 Å². The molecule has 1 saturated heterocycles. The molecule has 0 unspecified atom stereocenters. The maximum Gasteiger partial charge on any atom is 0.329 e. The van der Waals surface area contributed by atoms with E-state index < -0.39 is 5.97 Å². The summed E-state index contributed by atoms with van der Waals surface area (Å²) in [6.45, 7) is 4.02. The van der Waals surface area contributed by atoms with E-state index in [4.69, 9.17) is 24.1 Å². The van der Waals surface area contributed by atoms with E-state index in [0.717, 1.165) is 38.1 Å². The molecule has 1 aromatic rings. The lowest BCUT2D eigenvalue weighted by atomic mass is 10.1. The van der Waals surface area contributed by atoms with E-state index in [1.54, 1.807) is 0 Å². The second kappa shape index (κ2) is 12.6. The van der Waals surface area contributed by atoms with Crippen LogP contribution in [-0.4, -0.2) is 69.9 Å². The first-order chi connectivity index (χ1) is 12.7. The Morgan fingerprint density at radius 2 is 1.58 bits per heavy atom. The van der Waals surface area contributed by atoms with Crippen molar-refractivity contribution in [1.29, 1.82) is 0 Å². The van der Waals surface area contributed by atoms with Gasteiger partial charge < -0.3 is 29.4 Å². The summed E-state index contributed by atoms with van der Waals surface area (Å²) in [5, 5.41) is 11.7. The number of aliphatic carboxylic acids is 1. The zero-order chi connectivity index (χ0) is 18.5. The Labute approximate surface area is 154 Å². The number of nitrogens with one attached hydrogen (secondary N) is 1. The number of carbonyl (C=O) groups is 1. The average molecular weight is 367 g/mol. The predicted molar refractivity (Wildman–Crippen MR) is 96.8 cm³/mol. The standard InChI is InChI=1S/C19H29NO6/c21-19(22)15-25-14-13-24-12-11-23-10-7-16-1-3-17(4-2-16)26-18-5-8-20-9-6-18/h1-4,18,20H,5-15H2,(H,21,22). The van der Waals surface area contributed by atoms with Crippen molar-refractivity contribution < 1.29 is 28.8 Å². The molecule has 2 N–H and O–H groups in total. The van der Waals surface area contributed by atoms with Crippen LogP contribution in [0, 0.1) is 0 Å². The molecule has 26 heavy (non-hydrogen) atoms. The highest BCUT2D eigenvalue weighted by Crippen LogP contribution is 2.17. The highest BCUT2D eigenvalue weighted by molar-refractivity contribution is 5.67. The predicted octanol–water partition coefficient (Wildman–Crippen LogP) is 1.49. The fraction of sp³-hybridized carbons (Fsp3) is 0.632. The lowest BCUT2D eigenvalue weighted by Crippen LogP contribution is -2.34. The van der Waals surface area contributed by atoms with Crippen molar-refractivity contribution in [2.24, 2.45) is 0 Å². The van der Waals surface area contributed by atoms with Crippen molar-refractivity contribution in [3.8, 4) is 5.75 Å². The highest BCUT2D eigenvalue weighted by Gasteiger charge is 2.14. The van der Waals surface area contributed by atoms with Crippen LogP contribution in [0.1, 0.15) is 18.4 Å². The molecule has 0 aromatic heterocycles. The first-order valence-electron chi connectivity index (χ1n) is 9.15. The zero-order valence-corrected chi connectivity index (χ0v) is 15.2. The van der Waals surface area contributed by atoms with Gasteiger partial charge in [-0.1, -0.05) is 12.1 Å². The smallest absolute Gasteiger partial charge is 0.329 e. The second-order valence-corrected chi connectivity index (χ2v) is 6.13. The fourth-order valence-electron chi connectivity index (χ4n) is 2.63. The second-order valence-electron chi connectivity index (χ2n) is 6.13. The number of benzene rings is 1. The number of hydrogen-bond acceptors (Lipinski definition) is 6. The van der Waals surface area contributed by atoms with Gasteiger partial charge in [-0.05, 0) is 50.0 Å². The molecular weight excluding hydrogens is 338 g/mol. The normalized spacial score (nSPS) is 15.1. The van der Waals surface area contributed by atoms with E-state index in [-0.39, 0.29) is 13.2 Å². The van der Waals surface area contributed by atoms with Crippen molar-refractivity contribution in [2.75, 3.05) is 52.7 Å². The highest BCUT2D eigenvalue weighted by atomic mass is 16.5. The van der Waals surface area contributed by atoms with Gasteiger partial charge >= 0.3 is 5.97 Å². The summed E-state index contributed by atoms with van der Waals surface area (Å²) < 4.78 is 21.7. The minimum Gasteiger partial charge on any atom is -0.490 e. The van der Waals surface area contributed by atoms with Crippen molar-refractivity contribution in [1.82, 2.24) is 5.32 Å². The molecule has 7 nitrogen and oxygen atoms in total. The Bertz CT molecular complexity index is 501. The van der Waals surface area contributed by atoms with Crippen LogP contribution in [-0.2, 0) is 25.4 Å². The minimum absolute atomic E-state index is 0.276. The molecule has 0 amide bonds. The summed E-state index contributed by atoms with van der Waals surface area (Å²) in [5.41, 5.74) is 1.21. The Kier molecular flexibility index (Phi) is 10.0. The summed E-state index contributed by atoms with van der Waals surface area (Å²) in [5.74, 6) is -0.0423. The number of ether oxygens (including phenoxy) is 4. The van der Waals surface area contributed by atoms with Gasteiger partial charge in [-0.25, -0.2) is 4.79 Å². The lowest BCUT2D eigenvalue weighted by molar-refractivity contribution is -0.142. The van der Waals surface area contributed by atoms with Gasteiger partial charge in [0.1, 0.15) is 18.5 Å². The van der Waals surface area contributed by atoms with Crippen molar-refractivity contribution >= 4 is 5.97 Å². The maximum absolute atomic E-state index is 10.2. The van der Waals surface area contributed by atoms with Crippen LogP contribution in [0.3, 0.4) is 0 Å². The number of carboxylic acids is 1. The third kappa shape index (κ3) is 9.15. The third-order valence-corrected chi connectivity index (χ3v) is 4.02. The molecule has 0 atom stereocenters. The number of rotatable bonds is 13. The molecule has 146 valence electrons. The van der Waals surface area contributed by atoms with Gasteiger partial charge in [0, 0.05) is 0 Å². The zero-order valence-electron chi connectivity index (χ0n) is 15.2. The summed E-state index contributed by atoms with van der Waals surface area (Å²) in [7, 11) is 0. The Balaban J connectivity index is 1.47. The molecule has 0 saturated carbocycles. The monoisotopic (exact) mass is 367 g/mol. The molecular formula is C19H29NO6. The number of carboxylic acid groups (broad SMARTS) is 1. The van der Waals surface area contributed by atoms with Crippen molar-refractivity contribution in [3.05, 3.63) is 29.8 Å². The van der Waals surface area contributed by atoms with Crippen molar-refractivity contribution in [3.63, 3.8) is 0 Å².